The van der Waals surface area contributed by atoms with Crippen molar-refractivity contribution < 1.29 is 0 Å². The van der Waals surface area contributed by atoms with E-state index < -0.39 is 0 Å². The van der Waals surface area contributed by atoms with Crippen LogP contribution in [0.5, 0.6) is 0 Å². The minimum absolute atomic E-state index is 0.343. The van der Waals surface area contributed by atoms with Crippen LogP contribution in [0.4, 0.5) is 11.5 Å². The maximum absolute atomic E-state index is 5.88. The second-order valence-corrected chi connectivity index (χ2v) is 5.24. The SMILES string of the molecule is CC(C)N(Cc1cccc(N)c1)c1ccc(Cl)cn1. The summed E-state index contributed by atoms with van der Waals surface area (Å²) < 4.78 is 0. The highest BCUT2D eigenvalue weighted by molar-refractivity contribution is 6.30. The van der Waals surface area contributed by atoms with Crippen LogP contribution in [0, 0.1) is 0 Å². The van der Waals surface area contributed by atoms with Crippen LogP contribution in [0.3, 0.4) is 0 Å². The molecule has 1 aromatic carbocycles. The van der Waals surface area contributed by atoms with E-state index in [1.54, 1.807) is 6.20 Å². The molecule has 2 aromatic rings. The van der Waals surface area contributed by atoms with Gasteiger partial charge in [0.15, 0.2) is 0 Å². The standard InChI is InChI=1S/C15H18ClN3/c1-11(2)19(15-7-6-13(16)9-18-15)10-12-4-3-5-14(17)8-12/h3-9,11H,10,17H2,1-2H3. The molecule has 0 saturated carbocycles. The molecule has 0 amide bonds. The van der Waals surface area contributed by atoms with E-state index in [-0.39, 0.29) is 0 Å². The number of benzene rings is 1. The lowest BCUT2D eigenvalue weighted by molar-refractivity contribution is 0.673. The van der Waals surface area contributed by atoms with E-state index in [1.165, 1.54) is 5.56 Å². The largest absolute Gasteiger partial charge is 0.399 e. The number of nitrogen functional groups attached to an aromatic ring is 1. The maximum Gasteiger partial charge on any atom is 0.129 e. The van der Waals surface area contributed by atoms with Crippen molar-refractivity contribution in [1.82, 2.24) is 4.98 Å². The van der Waals surface area contributed by atoms with E-state index in [2.05, 4.69) is 29.8 Å². The lowest BCUT2D eigenvalue weighted by Crippen LogP contribution is -2.30. The summed E-state index contributed by atoms with van der Waals surface area (Å²) in [4.78, 5) is 6.59. The highest BCUT2D eigenvalue weighted by atomic mass is 35.5. The Bertz CT molecular complexity index is 537. The van der Waals surface area contributed by atoms with Crippen LogP contribution in [0.15, 0.2) is 42.6 Å². The van der Waals surface area contributed by atoms with Gasteiger partial charge in [-0.3, -0.25) is 0 Å². The Kier molecular flexibility index (Phi) is 4.27. The van der Waals surface area contributed by atoms with Gasteiger partial charge in [0.25, 0.3) is 0 Å². The third kappa shape index (κ3) is 3.61. The fourth-order valence-corrected chi connectivity index (χ4v) is 2.07. The molecule has 4 heteroatoms. The molecular weight excluding hydrogens is 258 g/mol. The summed E-state index contributed by atoms with van der Waals surface area (Å²) >= 11 is 5.88. The van der Waals surface area contributed by atoms with Crippen LogP contribution < -0.4 is 10.6 Å². The van der Waals surface area contributed by atoms with Crippen molar-refractivity contribution >= 4 is 23.1 Å². The predicted molar refractivity (Wildman–Crippen MR) is 81.4 cm³/mol. The van der Waals surface area contributed by atoms with Crippen molar-refractivity contribution in [2.75, 3.05) is 10.6 Å². The highest BCUT2D eigenvalue weighted by Crippen LogP contribution is 2.20. The Morgan fingerprint density at radius 3 is 2.63 bits per heavy atom. The first-order valence-corrected chi connectivity index (χ1v) is 6.66. The van der Waals surface area contributed by atoms with Gasteiger partial charge in [-0.15, -0.1) is 0 Å². The zero-order valence-electron chi connectivity index (χ0n) is 11.2. The number of anilines is 2. The molecule has 0 radical (unpaired) electrons. The quantitative estimate of drug-likeness (QED) is 0.865. The van der Waals surface area contributed by atoms with Crippen LogP contribution in [0.2, 0.25) is 5.02 Å². The van der Waals surface area contributed by atoms with Gasteiger partial charge in [-0.25, -0.2) is 4.98 Å². The van der Waals surface area contributed by atoms with Gasteiger partial charge in [-0.2, -0.15) is 0 Å². The van der Waals surface area contributed by atoms with Gasteiger partial charge < -0.3 is 10.6 Å². The molecule has 0 aliphatic heterocycles. The van der Waals surface area contributed by atoms with Gasteiger partial charge in [0.1, 0.15) is 5.82 Å². The Morgan fingerprint density at radius 2 is 2.05 bits per heavy atom. The van der Waals surface area contributed by atoms with Gasteiger partial charge in [0.2, 0.25) is 0 Å². The predicted octanol–water partition coefficient (Wildman–Crippen LogP) is 3.73. The molecule has 3 nitrogen and oxygen atoms in total. The summed E-state index contributed by atoms with van der Waals surface area (Å²) in [7, 11) is 0. The molecular formula is C15H18ClN3. The highest BCUT2D eigenvalue weighted by Gasteiger charge is 2.12. The number of halogens is 1. The van der Waals surface area contributed by atoms with E-state index in [0.717, 1.165) is 18.1 Å². The number of pyridine rings is 1. The molecule has 100 valence electrons. The van der Waals surface area contributed by atoms with Gasteiger partial charge in [0, 0.05) is 24.5 Å². The Labute approximate surface area is 119 Å². The zero-order chi connectivity index (χ0) is 13.8. The summed E-state index contributed by atoms with van der Waals surface area (Å²) in [5.74, 6) is 0.918. The van der Waals surface area contributed by atoms with Crippen LogP contribution in [-0.2, 0) is 6.54 Å². The van der Waals surface area contributed by atoms with Crippen molar-refractivity contribution in [1.29, 1.82) is 0 Å². The van der Waals surface area contributed by atoms with E-state index in [1.807, 2.05) is 30.3 Å². The number of hydrogen-bond acceptors (Lipinski definition) is 3. The first kappa shape index (κ1) is 13.7. The van der Waals surface area contributed by atoms with Gasteiger partial charge >= 0.3 is 0 Å². The molecule has 0 saturated heterocycles. The van der Waals surface area contributed by atoms with Crippen molar-refractivity contribution in [2.24, 2.45) is 0 Å². The first-order valence-electron chi connectivity index (χ1n) is 6.29. The van der Waals surface area contributed by atoms with Crippen LogP contribution >= 0.6 is 11.6 Å². The van der Waals surface area contributed by atoms with Gasteiger partial charge in [0.05, 0.1) is 5.02 Å². The van der Waals surface area contributed by atoms with E-state index in [0.29, 0.717) is 11.1 Å². The molecule has 0 spiro atoms. The third-order valence-corrected chi connectivity index (χ3v) is 3.16. The summed E-state index contributed by atoms with van der Waals surface area (Å²) in [5, 5.41) is 0.649. The average molecular weight is 276 g/mol. The number of nitrogens with two attached hydrogens (primary N) is 1. The Hall–Kier alpha value is -1.74. The maximum atomic E-state index is 5.88. The lowest BCUT2D eigenvalue weighted by atomic mass is 10.1. The van der Waals surface area contributed by atoms with Crippen LogP contribution in [0.1, 0.15) is 19.4 Å². The average Bonchev–Trinajstić information content (AvgIpc) is 2.37. The van der Waals surface area contributed by atoms with Crippen molar-refractivity contribution in [3.05, 3.63) is 53.2 Å². The molecule has 1 heterocycles. The zero-order valence-corrected chi connectivity index (χ0v) is 11.9. The molecule has 1 aromatic heterocycles. The minimum Gasteiger partial charge on any atom is -0.399 e. The lowest BCUT2D eigenvalue weighted by Gasteiger charge is -2.28. The molecule has 0 aliphatic carbocycles. The normalized spacial score (nSPS) is 10.7. The van der Waals surface area contributed by atoms with Gasteiger partial charge in [-0.1, -0.05) is 23.7 Å². The van der Waals surface area contributed by atoms with Gasteiger partial charge in [-0.05, 0) is 43.7 Å². The monoisotopic (exact) mass is 275 g/mol. The topological polar surface area (TPSA) is 42.1 Å². The summed E-state index contributed by atoms with van der Waals surface area (Å²) in [5.41, 5.74) is 7.77. The third-order valence-electron chi connectivity index (χ3n) is 2.93. The summed E-state index contributed by atoms with van der Waals surface area (Å²) in [6, 6.07) is 12.1. The van der Waals surface area contributed by atoms with Crippen molar-refractivity contribution in [3.8, 4) is 0 Å². The second kappa shape index (κ2) is 5.93. The molecule has 0 fully saturated rings. The second-order valence-electron chi connectivity index (χ2n) is 4.80. The fourth-order valence-electron chi connectivity index (χ4n) is 1.95. The molecule has 2 N–H and O–H groups in total. The Morgan fingerprint density at radius 1 is 1.26 bits per heavy atom. The van der Waals surface area contributed by atoms with E-state index in [4.69, 9.17) is 17.3 Å². The van der Waals surface area contributed by atoms with E-state index >= 15 is 0 Å². The molecule has 2 rings (SSSR count). The number of hydrogen-bond donors (Lipinski definition) is 1. The number of aromatic nitrogens is 1. The first-order chi connectivity index (χ1) is 9.06. The molecule has 0 unspecified atom stereocenters. The molecule has 0 aliphatic rings. The van der Waals surface area contributed by atoms with Crippen LogP contribution in [-0.4, -0.2) is 11.0 Å². The van der Waals surface area contributed by atoms with Crippen LogP contribution in [0.25, 0.3) is 0 Å². The van der Waals surface area contributed by atoms with Crippen molar-refractivity contribution in [3.63, 3.8) is 0 Å². The fraction of sp³-hybridized carbons (Fsp3) is 0.267. The smallest absolute Gasteiger partial charge is 0.129 e. The summed E-state index contributed by atoms with van der Waals surface area (Å²) in [6.07, 6.45) is 1.67. The molecule has 0 atom stereocenters. The molecule has 19 heavy (non-hydrogen) atoms. The Balaban J connectivity index is 2.23. The number of rotatable bonds is 4. The number of nitrogens with zero attached hydrogens (tertiary/aromatic N) is 2. The minimum atomic E-state index is 0.343. The summed E-state index contributed by atoms with van der Waals surface area (Å²) in [6.45, 7) is 5.06. The van der Waals surface area contributed by atoms with Crippen molar-refractivity contribution in [2.45, 2.75) is 26.4 Å². The molecule has 0 bridgehead atoms. The van der Waals surface area contributed by atoms with E-state index in [9.17, 15) is 0 Å².